The van der Waals surface area contributed by atoms with Crippen LogP contribution in [0.3, 0.4) is 0 Å². The molecule has 0 heterocycles. The molecule has 0 bridgehead atoms. The van der Waals surface area contributed by atoms with Gasteiger partial charge in [-0.25, -0.2) is 0 Å². The molecule has 0 radical (unpaired) electrons. The molecular formula is C12H27NO. The standard InChI is InChI=1S/C12H27NO/c1-5-7-8-10-13-12(3,4)11(14)9-6-2/h11,13-14H,5-10H2,1-4H3. The summed E-state index contributed by atoms with van der Waals surface area (Å²) in [5.74, 6) is 0. The van der Waals surface area contributed by atoms with Gasteiger partial charge in [0.15, 0.2) is 0 Å². The van der Waals surface area contributed by atoms with Crippen LogP contribution in [0, 0.1) is 0 Å². The van der Waals surface area contributed by atoms with E-state index in [0.717, 1.165) is 19.4 Å². The van der Waals surface area contributed by atoms with Gasteiger partial charge in [0, 0.05) is 5.54 Å². The predicted molar refractivity (Wildman–Crippen MR) is 62.5 cm³/mol. The van der Waals surface area contributed by atoms with Crippen molar-refractivity contribution in [1.82, 2.24) is 5.32 Å². The Hall–Kier alpha value is -0.0800. The molecule has 0 aromatic heterocycles. The third-order valence-electron chi connectivity index (χ3n) is 2.76. The smallest absolute Gasteiger partial charge is 0.0716 e. The summed E-state index contributed by atoms with van der Waals surface area (Å²) in [5.41, 5.74) is -0.135. The van der Waals surface area contributed by atoms with Gasteiger partial charge in [0.05, 0.1) is 6.10 Å². The lowest BCUT2D eigenvalue weighted by Gasteiger charge is -2.31. The lowest BCUT2D eigenvalue weighted by molar-refractivity contribution is 0.0720. The van der Waals surface area contributed by atoms with Crippen LogP contribution in [-0.4, -0.2) is 23.3 Å². The van der Waals surface area contributed by atoms with Crippen LogP contribution in [0.2, 0.25) is 0 Å². The maximum absolute atomic E-state index is 9.87. The highest BCUT2D eigenvalue weighted by Gasteiger charge is 2.25. The maximum Gasteiger partial charge on any atom is 0.0716 e. The lowest BCUT2D eigenvalue weighted by atomic mass is 9.93. The Morgan fingerprint density at radius 3 is 2.29 bits per heavy atom. The molecule has 0 spiro atoms. The zero-order chi connectivity index (χ0) is 11.0. The van der Waals surface area contributed by atoms with Gasteiger partial charge in [0.1, 0.15) is 0 Å². The first-order chi connectivity index (χ1) is 6.54. The normalized spacial score (nSPS) is 14.4. The fourth-order valence-corrected chi connectivity index (χ4v) is 1.54. The average Bonchev–Trinajstić information content (AvgIpc) is 2.13. The van der Waals surface area contributed by atoms with Gasteiger partial charge in [-0.2, -0.15) is 0 Å². The van der Waals surface area contributed by atoms with Crippen LogP contribution >= 0.6 is 0 Å². The van der Waals surface area contributed by atoms with E-state index < -0.39 is 0 Å². The molecular weight excluding hydrogens is 174 g/mol. The number of aliphatic hydroxyl groups is 1. The maximum atomic E-state index is 9.87. The number of rotatable bonds is 8. The average molecular weight is 201 g/mol. The van der Waals surface area contributed by atoms with Gasteiger partial charge in [0.2, 0.25) is 0 Å². The second-order valence-electron chi connectivity index (χ2n) is 4.66. The van der Waals surface area contributed by atoms with E-state index in [1.807, 2.05) is 0 Å². The molecule has 0 aliphatic heterocycles. The molecule has 0 fully saturated rings. The van der Waals surface area contributed by atoms with Crippen molar-refractivity contribution in [3.63, 3.8) is 0 Å². The first-order valence-corrected chi connectivity index (χ1v) is 5.97. The van der Waals surface area contributed by atoms with Crippen LogP contribution in [-0.2, 0) is 0 Å². The van der Waals surface area contributed by atoms with Crippen LogP contribution < -0.4 is 5.32 Å². The van der Waals surface area contributed by atoms with Crippen molar-refractivity contribution in [2.75, 3.05) is 6.54 Å². The molecule has 0 aromatic carbocycles. The topological polar surface area (TPSA) is 32.3 Å². The van der Waals surface area contributed by atoms with Crippen LogP contribution in [0.1, 0.15) is 59.8 Å². The molecule has 2 nitrogen and oxygen atoms in total. The van der Waals surface area contributed by atoms with Crippen LogP contribution in [0.25, 0.3) is 0 Å². The zero-order valence-corrected chi connectivity index (χ0v) is 10.3. The molecule has 1 atom stereocenters. The van der Waals surface area contributed by atoms with Gasteiger partial charge in [-0.1, -0.05) is 33.1 Å². The van der Waals surface area contributed by atoms with E-state index in [-0.39, 0.29) is 11.6 Å². The molecule has 0 aromatic rings. The molecule has 0 amide bonds. The van der Waals surface area contributed by atoms with Crippen LogP contribution in [0.4, 0.5) is 0 Å². The molecule has 86 valence electrons. The summed E-state index contributed by atoms with van der Waals surface area (Å²) in [6, 6.07) is 0. The van der Waals surface area contributed by atoms with Crippen molar-refractivity contribution < 1.29 is 5.11 Å². The van der Waals surface area contributed by atoms with E-state index in [1.165, 1.54) is 19.3 Å². The SMILES string of the molecule is CCCCCNC(C)(C)C(O)CCC. The molecule has 0 saturated carbocycles. The largest absolute Gasteiger partial charge is 0.391 e. The molecule has 1 unspecified atom stereocenters. The summed E-state index contributed by atoms with van der Waals surface area (Å²) in [7, 11) is 0. The highest BCUT2D eigenvalue weighted by Crippen LogP contribution is 2.14. The summed E-state index contributed by atoms with van der Waals surface area (Å²) in [6.45, 7) is 9.49. The van der Waals surface area contributed by atoms with Crippen molar-refractivity contribution in [2.45, 2.75) is 71.4 Å². The number of nitrogens with one attached hydrogen (secondary N) is 1. The van der Waals surface area contributed by atoms with Crippen molar-refractivity contribution >= 4 is 0 Å². The minimum Gasteiger partial charge on any atom is -0.391 e. The molecule has 0 aliphatic rings. The van der Waals surface area contributed by atoms with Gasteiger partial charge in [0.25, 0.3) is 0 Å². The van der Waals surface area contributed by atoms with Crippen molar-refractivity contribution in [2.24, 2.45) is 0 Å². The van der Waals surface area contributed by atoms with Crippen LogP contribution in [0.5, 0.6) is 0 Å². The summed E-state index contributed by atoms with van der Waals surface area (Å²) in [4.78, 5) is 0. The van der Waals surface area contributed by atoms with Gasteiger partial charge < -0.3 is 10.4 Å². The molecule has 2 heteroatoms. The van der Waals surface area contributed by atoms with E-state index in [1.54, 1.807) is 0 Å². The van der Waals surface area contributed by atoms with Gasteiger partial charge in [-0.05, 0) is 33.2 Å². The molecule has 0 rings (SSSR count). The minimum absolute atomic E-state index is 0.135. The first kappa shape index (κ1) is 13.9. The fourth-order valence-electron chi connectivity index (χ4n) is 1.54. The Kier molecular flexibility index (Phi) is 7.20. The molecule has 14 heavy (non-hydrogen) atoms. The van der Waals surface area contributed by atoms with Gasteiger partial charge in [-0.3, -0.25) is 0 Å². The van der Waals surface area contributed by atoms with E-state index in [4.69, 9.17) is 0 Å². The Labute approximate surface area is 89.1 Å². The zero-order valence-electron chi connectivity index (χ0n) is 10.3. The number of hydrogen-bond donors (Lipinski definition) is 2. The van der Waals surface area contributed by atoms with Crippen molar-refractivity contribution in [3.05, 3.63) is 0 Å². The molecule has 0 aliphatic carbocycles. The van der Waals surface area contributed by atoms with Gasteiger partial charge in [-0.15, -0.1) is 0 Å². The van der Waals surface area contributed by atoms with E-state index in [0.29, 0.717) is 0 Å². The third kappa shape index (κ3) is 5.61. The van der Waals surface area contributed by atoms with E-state index >= 15 is 0 Å². The Morgan fingerprint density at radius 2 is 1.79 bits per heavy atom. The number of hydrogen-bond acceptors (Lipinski definition) is 2. The van der Waals surface area contributed by atoms with E-state index in [9.17, 15) is 5.11 Å². The second kappa shape index (κ2) is 7.24. The van der Waals surface area contributed by atoms with Crippen molar-refractivity contribution in [1.29, 1.82) is 0 Å². The summed E-state index contributed by atoms with van der Waals surface area (Å²) >= 11 is 0. The first-order valence-electron chi connectivity index (χ1n) is 5.97. The van der Waals surface area contributed by atoms with Gasteiger partial charge >= 0.3 is 0 Å². The van der Waals surface area contributed by atoms with Crippen molar-refractivity contribution in [3.8, 4) is 0 Å². The monoisotopic (exact) mass is 201 g/mol. The highest BCUT2D eigenvalue weighted by molar-refractivity contribution is 4.85. The Morgan fingerprint density at radius 1 is 1.14 bits per heavy atom. The van der Waals surface area contributed by atoms with E-state index in [2.05, 4.69) is 33.0 Å². The molecule has 0 saturated heterocycles. The predicted octanol–water partition coefficient (Wildman–Crippen LogP) is 2.71. The lowest BCUT2D eigenvalue weighted by Crippen LogP contribution is -2.49. The Balaban J connectivity index is 3.69. The Bertz CT molecular complexity index is 134. The third-order valence-corrected chi connectivity index (χ3v) is 2.76. The molecule has 2 N–H and O–H groups in total. The number of unbranched alkanes of at least 4 members (excludes halogenated alkanes) is 2. The number of aliphatic hydroxyl groups excluding tert-OH is 1. The fraction of sp³-hybridized carbons (Fsp3) is 1.00. The van der Waals surface area contributed by atoms with Crippen LogP contribution in [0.15, 0.2) is 0 Å². The quantitative estimate of drug-likeness (QED) is 0.592. The highest BCUT2D eigenvalue weighted by atomic mass is 16.3. The summed E-state index contributed by atoms with van der Waals surface area (Å²) < 4.78 is 0. The second-order valence-corrected chi connectivity index (χ2v) is 4.66. The minimum atomic E-state index is -0.228. The summed E-state index contributed by atoms with van der Waals surface area (Å²) in [6.07, 6.45) is 5.43. The summed E-state index contributed by atoms with van der Waals surface area (Å²) in [5, 5.41) is 13.3.